The third kappa shape index (κ3) is 4.33. The summed E-state index contributed by atoms with van der Waals surface area (Å²) in [5.74, 6) is 0.960. The maximum Gasteiger partial charge on any atom is 0.123 e. The first-order chi connectivity index (χ1) is 12.8. The van der Waals surface area contributed by atoms with Crippen LogP contribution in [0, 0.1) is 0 Å². The molecule has 1 saturated heterocycles. The van der Waals surface area contributed by atoms with E-state index in [1.54, 1.807) is 13.3 Å². The Labute approximate surface area is 166 Å². The lowest BCUT2D eigenvalue weighted by Crippen LogP contribution is -2.45. The van der Waals surface area contributed by atoms with Crippen molar-refractivity contribution in [3.05, 3.63) is 78.4 Å². The summed E-state index contributed by atoms with van der Waals surface area (Å²) in [6, 6.07) is 17.4. The summed E-state index contributed by atoms with van der Waals surface area (Å²) in [7, 11) is 1.74. The summed E-state index contributed by atoms with van der Waals surface area (Å²) >= 11 is 0. The number of ether oxygens (including phenoxy) is 1. The Kier molecular flexibility index (Phi) is 6.50. The third-order valence-electron chi connectivity index (χ3n) is 4.98. The zero-order chi connectivity index (χ0) is 17.8. The fourth-order valence-electron chi connectivity index (χ4n) is 3.60. The number of hydrogen-bond acceptors (Lipinski definition) is 4. The van der Waals surface area contributed by atoms with Crippen LogP contribution < -0.4 is 10.1 Å². The number of para-hydroxylation sites is 1. The molecule has 0 spiro atoms. The largest absolute Gasteiger partial charge is 0.496 e. The number of imidazole rings is 1. The molecule has 142 valence electrons. The molecule has 5 nitrogen and oxygen atoms in total. The van der Waals surface area contributed by atoms with Crippen molar-refractivity contribution in [2.24, 2.45) is 0 Å². The SMILES string of the molecule is COc1ccccc1C1CNCCN1Cc1ccc(-n2ccnc2)cc1.Cl. The van der Waals surface area contributed by atoms with E-state index >= 15 is 0 Å². The smallest absolute Gasteiger partial charge is 0.123 e. The molecule has 1 atom stereocenters. The van der Waals surface area contributed by atoms with Crippen molar-refractivity contribution in [2.45, 2.75) is 12.6 Å². The van der Waals surface area contributed by atoms with Crippen LogP contribution in [0.1, 0.15) is 17.2 Å². The van der Waals surface area contributed by atoms with Crippen LogP contribution in [-0.2, 0) is 6.54 Å². The Hall–Kier alpha value is -2.34. The number of hydrogen-bond donors (Lipinski definition) is 1. The van der Waals surface area contributed by atoms with Gasteiger partial charge in [0, 0.05) is 49.8 Å². The van der Waals surface area contributed by atoms with Gasteiger partial charge in [-0.05, 0) is 23.8 Å². The normalized spacial score (nSPS) is 17.3. The number of methoxy groups -OCH3 is 1. The van der Waals surface area contributed by atoms with E-state index in [2.05, 4.69) is 51.6 Å². The highest BCUT2D eigenvalue weighted by atomic mass is 35.5. The molecular weight excluding hydrogens is 360 g/mol. The molecule has 0 saturated carbocycles. The second-order valence-corrected chi connectivity index (χ2v) is 6.57. The van der Waals surface area contributed by atoms with Crippen LogP contribution in [0.3, 0.4) is 0 Å². The van der Waals surface area contributed by atoms with E-state index in [4.69, 9.17) is 4.74 Å². The van der Waals surface area contributed by atoms with Crippen molar-refractivity contribution in [3.8, 4) is 11.4 Å². The summed E-state index contributed by atoms with van der Waals surface area (Å²) < 4.78 is 7.61. The number of nitrogens with one attached hydrogen (secondary N) is 1. The minimum atomic E-state index is 0. The van der Waals surface area contributed by atoms with Gasteiger partial charge in [-0.25, -0.2) is 4.98 Å². The molecule has 27 heavy (non-hydrogen) atoms. The average molecular weight is 385 g/mol. The summed E-state index contributed by atoms with van der Waals surface area (Å²) in [5.41, 5.74) is 3.70. The summed E-state index contributed by atoms with van der Waals surface area (Å²) in [4.78, 5) is 6.64. The van der Waals surface area contributed by atoms with Crippen molar-refractivity contribution in [3.63, 3.8) is 0 Å². The molecule has 0 amide bonds. The fourth-order valence-corrected chi connectivity index (χ4v) is 3.60. The van der Waals surface area contributed by atoms with Gasteiger partial charge < -0.3 is 14.6 Å². The molecule has 1 aliphatic heterocycles. The van der Waals surface area contributed by atoms with E-state index in [0.717, 1.165) is 37.6 Å². The first-order valence-electron chi connectivity index (χ1n) is 9.00. The minimum Gasteiger partial charge on any atom is -0.496 e. The van der Waals surface area contributed by atoms with Crippen molar-refractivity contribution >= 4 is 12.4 Å². The average Bonchev–Trinajstić information content (AvgIpc) is 3.24. The van der Waals surface area contributed by atoms with Crippen molar-refractivity contribution < 1.29 is 4.74 Å². The molecule has 0 bridgehead atoms. The van der Waals surface area contributed by atoms with Gasteiger partial charge in [0.1, 0.15) is 5.75 Å². The molecule has 6 heteroatoms. The second-order valence-electron chi connectivity index (χ2n) is 6.57. The number of aromatic nitrogens is 2. The standard InChI is InChI=1S/C21H24N4O.ClH/c1-26-21-5-3-2-4-19(21)20-14-22-10-12-24(20)15-17-6-8-18(9-7-17)25-13-11-23-16-25;/h2-9,11,13,16,20,22H,10,12,14-15H2,1H3;1H. The van der Waals surface area contributed by atoms with Gasteiger partial charge in [-0.1, -0.05) is 30.3 Å². The zero-order valence-electron chi connectivity index (χ0n) is 15.4. The highest BCUT2D eigenvalue weighted by Crippen LogP contribution is 2.31. The predicted octanol–water partition coefficient (Wildman–Crippen LogP) is 3.45. The van der Waals surface area contributed by atoms with E-state index < -0.39 is 0 Å². The summed E-state index contributed by atoms with van der Waals surface area (Å²) in [6.07, 6.45) is 5.58. The van der Waals surface area contributed by atoms with E-state index in [1.807, 2.05) is 29.2 Å². The second kappa shape index (κ2) is 9.04. The van der Waals surface area contributed by atoms with Gasteiger partial charge in [-0.2, -0.15) is 0 Å². The topological polar surface area (TPSA) is 42.3 Å². The predicted molar refractivity (Wildman–Crippen MR) is 110 cm³/mol. The van der Waals surface area contributed by atoms with Crippen molar-refractivity contribution in [1.82, 2.24) is 19.8 Å². The van der Waals surface area contributed by atoms with Crippen LogP contribution in [0.25, 0.3) is 5.69 Å². The van der Waals surface area contributed by atoms with Crippen LogP contribution in [0.15, 0.2) is 67.3 Å². The van der Waals surface area contributed by atoms with Gasteiger partial charge in [0.05, 0.1) is 19.5 Å². The summed E-state index contributed by atoms with van der Waals surface area (Å²) in [6.45, 7) is 3.90. The monoisotopic (exact) mass is 384 g/mol. The Morgan fingerprint density at radius 2 is 1.96 bits per heavy atom. The lowest BCUT2D eigenvalue weighted by Gasteiger charge is -2.37. The number of piperazine rings is 1. The molecule has 3 aromatic rings. The number of benzene rings is 2. The lowest BCUT2D eigenvalue weighted by atomic mass is 10.0. The van der Waals surface area contributed by atoms with Gasteiger partial charge in [0.2, 0.25) is 0 Å². The number of nitrogens with zero attached hydrogens (tertiary/aromatic N) is 3. The van der Waals surface area contributed by atoms with Crippen LogP contribution in [0.5, 0.6) is 5.75 Å². The molecule has 1 fully saturated rings. The van der Waals surface area contributed by atoms with Gasteiger partial charge in [-0.3, -0.25) is 4.90 Å². The minimum absolute atomic E-state index is 0. The van der Waals surface area contributed by atoms with E-state index in [-0.39, 0.29) is 12.4 Å². The zero-order valence-corrected chi connectivity index (χ0v) is 16.2. The first kappa shape index (κ1) is 19.4. The highest BCUT2D eigenvalue weighted by molar-refractivity contribution is 5.85. The Balaban J connectivity index is 0.00000210. The van der Waals surface area contributed by atoms with E-state index in [9.17, 15) is 0 Å². The lowest BCUT2D eigenvalue weighted by molar-refractivity contribution is 0.151. The Morgan fingerprint density at radius 3 is 2.70 bits per heavy atom. The fraction of sp³-hybridized carbons (Fsp3) is 0.286. The molecule has 1 N–H and O–H groups in total. The van der Waals surface area contributed by atoms with Crippen molar-refractivity contribution in [1.29, 1.82) is 0 Å². The van der Waals surface area contributed by atoms with Crippen molar-refractivity contribution in [2.75, 3.05) is 26.7 Å². The molecule has 0 radical (unpaired) electrons. The molecule has 1 aromatic heterocycles. The van der Waals surface area contributed by atoms with Crippen LogP contribution in [0.4, 0.5) is 0 Å². The molecule has 4 rings (SSSR count). The maximum atomic E-state index is 5.59. The number of halogens is 1. The molecule has 2 aromatic carbocycles. The molecular formula is C21H25ClN4O. The van der Waals surface area contributed by atoms with Crippen LogP contribution in [-0.4, -0.2) is 41.2 Å². The van der Waals surface area contributed by atoms with Crippen LogP contribution >= 0.6 is 12.4 Å². The molecule has 0 aliphatic carbocycles. The molecule has 1 aliphatic rings. The van der Waals surface area contributed by atoms with E-state index in [1.165, 1.54) is 11.1 Å². The number of rotatable bonds is 5. The quantitative estimate of drug-likeness (QED) is 0.731. The van der Waals surface area contributed by atoms with Gasteiger partial charge in [0.15, 0.2) is 0 Å². The Morgan fingerprint density at radius 1 is 1.15 bits per heavy atom. The van der Waals surface area contributed by atoms with Gasteiger partial charge in [-0.15, -0.1) is 12.4 Å². The molecule has 2 heterocycles. The van der Waals surface area contributed by atoms with Gasteiger partial charge >= 0.3 is 0 Å². The van der Waals surface area contributed by atoms with Crippen LogP contribution in [0.2, 0.25) is 0 Å². The third-order valence-corrected chi connectivity index (χ3v) is 4.98. The summed E-state index contributed by atoms with van der Waals surface area (Å²) in [5, 5.41) is 3.52. The first-order valence-corrected chi connectivity index (χ1v) is 9.00. The van der Waals surface area contributed by atoms with Gasteiger partial charge in [0.25, 0.3) is 0 Å². The van der Waals surface area contributed by atoms with E-state index in [0.29, 0.717) is 6.04 Å². The Bertz CT molecular complexity index is 836. The molecule has 1 unspecified atom stereocenters. The highest BCUT2D eigenvalue weighted by Gasteiger charge is 2.26. The maximum absolute atomic E-state index is 5.59.